The second-order valence-corrected chi connectivity index (χ2v) is 13.2. The molecule has 2 N–H and O–H groups in total. The van der Waals surface area contributed by atoms with Crippen molar-refractivity contribution in [3.8, 4) is 5.75 Å². The number of non-ortho nitro benzene ring substituents is 1. The molecule has 4 aromatic rings. The average Bonchev–Trinajstić information content (AvgIpc) is 3.50. The number of fused-ring (bicyclic) bond motifs is 2. The lowest BCUT2D eigenvalue weighted by Gasteiger charge is -2.31. The monoisotopic (exact) mass is 734 g/mol. The molecule has 2 aliphatic rings. The van der Waals surface area contributed by atoms with Crippen LogP contribution in [-0.2, 0) is 20.6 Å². The van der Waals surface area contributed by atoms with E-state index in [2.05, 4.69) is 26.2 Å². The van der Waals surface area contributed by atoms with Crippen LogP contribution in [0.5, 0.6) is 5.75 Å². The summed E-state index contributed by atoms with van der Waals surface area (Å²) >= 11 is 5.30. The minimum atomic E-state index is -4.60. The SMILES string of the molecule is O=C(COc1ccc(Br)cc1[C@@H]1c2sc(=O)[nH]c2S[C@H]2C(=O)N(c3ccc([N+](=O)[O-])cc3)C(=O)[C@@H]12)Nc1cccc(C(F)(F)F)c1. The highest BCUT2D eigenvalue weighted by Gasteiger charge is 2.57. The van der Waals surface area contributed by atoms with Crippen LogP contribution in [0.15, 0.2) is 81.0 Å². The Hall–Kier alpha value is -4.48. The molecule has 11 nitrogen and oxygen atoms in total. The number of thiazole rings is 1. The number of benzene rings is 3. The zero-order chi connectivity index (χ0) is 32.9. The van der Waals surface area contributed by atoms with E-state index in [0.29, 0.717) is 19.9 Å². The number of aromatic amines is 1. The molecule has 0 spiro atoms. The molecule has 6 rings (SSSR count). The lowest BCUT2D eigenvalue weighted by Crippen LogP contribution is -2.32. The Morgan fingerprint density at radius 2 is 1.80 bits per heavy atom. The number of hydrogen-bond donors (Lipinski definition) is 2. The number of amides is 3. The number of aromatic nitrogens is 1. The molecule has 0 unspecified atom stereocenters. The van der Waals surface area contributed by atoms with Crippen LogP contribution in [0.2, 0.25) is 0 Å². The largest absolute Gasteiger partial charge is 0.483 e. The molecule has 0 bridgehead atoms. The van der Waals surface area contributed by atoms with Crippen molar-refractivity contribution in [1.29, 1.82) is 0 Å². The number of thioether (sulfide) groups is 1. The van der Waals surface area contributed by atoms with Crippen LogP contribution in [0.4, 0.5) is 30.2 Å². The topological polar surface area (TPSA) is 152 Å². The zero-order valence-corrected chi connectivity index (χ0v) is 26.1. The number of hydrogen-bond acceptors (Lipinski definition) is 9. The van der Waals surface area contributed by atoms with Gasteiger partial charge in [-0.25, -0.2) is 4.90 Å². The molecule has 0 radical (unpaired) electrons. The van der Waals surface area contributed by atoms with Gasteiger partial charge in [0.2, 0.25) is 11.8 Å². The third-order valence-corrected chi connectivity index (χ3v) is 10.2. The Bertz CT molecular complexity index is 1970. The Kier molecular flexibility index (Phi) is 8.24. The lowest BCUT2D eigenvalue weighted by molar-refractivity contribution is -0.384. The highest BCUT2D eigenvalue weighted by atomic mass is 79.9. The second-order valence-electron chi connectivity index (χ2n) is 10.1. The van der Waals surface area contributed by atoms with Gasteiger partial charge in [0.25, 0.3) is 11.6 Å². The molecule has 3 heterocycles. The number of carbonyl (C=O) groups is 3. The van der Waals surface area contributed by atoms with Gasteiger partial charge in [0, 0.05) is 38.7 Å². The molecular weight excluding hydrogens is 717 g/mol. The van der Waals surface area contributed by atoms with E-state index in [1.54, 1.807) is 12.1 Å². The van der Waals surface area contributed by atoms with Gasteiger partial charge in [-0.05, 0) is 48.5 Å². The van der Waals surface area contributed by atoms with Crippen LogP contribution < -0.4 is 19.8 Å². The fourth-order valence-electron chi connectivity index (χ4n) is 5.34. The molecule has 3 atom stereocenters. The standard InChI is InChI=1S/C29H18BrF3N4O7S2/c30-14-4-9-19(44-12-20(38)34-15-3-1-2-13(10-15)29(31,32)33)18(11-14)21-22-24(45-25-23(21)46-28(41)35-25)27(40)36(26(22)39)16-5-7-17(8-6-16)37(42)43/h1-11,21-22,24H,12H2,(H,34,38)(H,35,41)/t21-,22-,24+/m0/s1. The minimum absolute atomic E-state index is 0.0882. The van der Waals surface area contributed by atoms with Crippen molar-refractivity contribution in [2.24, 2.45) is 5.92 Å². The summed E-state index contributed by atoms with van der Waals surface area (Å²) in [5, 5.41) is 12.9. The van der Waals surface area contributed by atoms with Crippen molar-refractivity contribution < 1.29 is 37.2 Å². The van der Waals surface area contributed by atoms with Crippen molar-refractivity contribution in [2.45, 2.75) is 22.4 Å². The number of carbonyl (C=O) groups excluding carboxylic acids is 3. The summed E-state index contributed by atoms with van der Waals surface area (Å²) in [4.78, 5) is 67.2. The number of nitro groups is 1. The summed E-state index contributed by atoms with van der Waals surface area (Å²) in [7, 11) is 0. The summed E-state index contributed by atoms with van der Waals surface area (Å²) in [6.45, 7) is -0.613. The maximum Gasteiger partial charge on any atom is 0.416 e. The quantitative estimate of drug-likeness (QED) is 0.135. The molecule has 0 aliphatic carbocycles. The fraction of sp³-hybridized carbons (Fsp3) is 0.172. The van der Waals surface area contributed by atoms with Crippen LogP contribution in [0.25, 0.3) is 0 Å². The van der Waals surface area contributed by atoms with Crippen molar-refractivity contribution in [3.63, 3.8) is 0 Å². The molecule has 17 heteroatoms. The molecule has 46 heavy (non-hydrogen) atoms. The smallest absolute Gasteiger partial charge is 0.416 e. The van der Waals surface area contributed by atoms with Crippen LogP contribution in [-0.4, -0.2) is 39.5 Å². The van der Waals surface area contributed by atoms with E-state index in [4.69, 9.17) is 4.74 Å². The van der Waals surface area contributed by atoms with Crippen LogP contribution in [0.1, 0.15) is 21.9 Å². The number of alkyl halides is 3. The van der Waals surface area contributed by atoms with E-state index >= 15 is 0 Å². The molecule has 2 aliphatic heterocycles. The Labute approximate surface area is 273 Å². The van der Waals surface area contributed by atoms with Gasteiger partial charge >= 0.3 is 11.0 Å². The van der Waals surface area contributed by atoms with E-state index < -0.39 is 63.0 Å². The van der Waals surface area contributed by atoms with Gasteiger partial charge in [-0.1, -0.05) is 45.1 Å². The highest BCUT2D eigenvalue weighted by molar-refractivity contribution is 9.10. The first-order chi connectivity index (χ1) is 21.8. The van der Waals surface area contributed by atoms with Gasteiger partial charge in [0.1, 0.15) is 11.0 Å². The van der Waals surface area contributed by atoms with E-state index in [-0.39, 0.29) is 22.8 Å². The molecule has 236 valence electrons. The Balaban J connectivity index is 1.32. The normalized spacial score (nSPS) is 19.0. The van der Waals surface area contributed by atoms with Crippen LogP contribution in [0, 0.1) is 16.0 Å². The van der Waals surface area contributed by atoms with Gasteiger partial charge in [-0.15, -0.1) is 0 Å². The summed E-state index contributed by atoms with van der Waals surface area (Å²) < 4.78 is 45.7. The average molecular weight is 736 g/mol. The minimum Gasteiger partial charge on any atom is -0.483 e. The molecule has 3 aromatic carbocycles. The van der Waals surface area contributed by atoms with Crippen LogP contribution >= 0.6 is 39.0 Å². The second kappa shape index (κ2) is 12.0. The molecule has 0 saturated carbocycles. The number of imide groups is 1. The lowest BCUT2D eigenvalue weighted by atomic mass is 9.82. The Morgan fingerprint density at radius 1 is 1.07 bits per heavy atom. The maximum absolute atomic E-state index is 14.0. The fourth-order valence-corrected chi connectivity index (χ4v) is 8.22. The van der Waals surface area contributed by atoms with Gasteiger partial charge in [0.15, 0.2) is 6.61 Å². The van der Waals surface area contributed by atoms with Crippen molar-refractivity contribution >= 4 is 73.8 Å². The summed E-state index contributed by atoms with van der Waals surface area (Å²) in [5.74, 6) is -3.70. The molecule has 1 aromatic heterocycles. The number of anilines is 2. The molecular formula is C29H18BrF3N4O7S2. The number of halogens is 4. The molecule has 1 fully saturated rings. The van der Waals surface area contributed by atoms with Gasteiger partial charge in [-0.2, -0.15) is 13.2 Å². The number of rotatable bonds is 7. The first kappa shape index (κ1) is 31.5. The first-order valence-corrected chi connectivity index (χ1v) is 15.7. The third-order valence-electron chi connectivity index (χ3n) is 7.28. The van der Waals surface area contributed by atoms with Crippen molar-refractivity contribution in [1.82, 2.24) is 4.98 Å². The Morgan fingerprint density at radius 3 is 2.50 bits per heavy atom. The van der Waals surface area contributed by atoms with E-state index in [0.717, 1.165) is 46.2 Å². The predicted molar refractivity (Wildman–Crippen MR) is 165 cm³/mol. The number of H-pyrrole nitrogens is 1. The molecule has 1 saturated heterocycles. The van der Waals surface area contributed by atoms with E-state index in [9.17, 15) is 42.5 Å². The summed E-state index contributed by atoms with van der Waals surface area (Å²) in [5.41, 5.74) is -0.732. The van der Waals surface area contributed by atoms with Crippen LogP contribution in [0.3, 0.4) is 0 Å². The summed E-state index contributed by atoms with van der Waals surface area (Å²) in [6, 6.07) is 13.9. The first-order valence-electron chi connectivity index (χ1n) is 13.2. The van der Waals surface area contributed by atoms with E-state index in [1.807, 2.05) is 0 Å². The number of ether oxygens (including phenoxy) is 1. The number of nitrogens with one attached hydrogen (secondary N) is 2. The van der Waals surface area contributed by atoms with Crippen molar-refractivity contribution in [3.05, 3.63) is 107 Å². The van der Waals surface area contributed by atoms with E-state index in [1.165, 1.54) is 36.4 Å². The van der Waals surface area contributed by atoms with Crippen molar-refractivity contribution in [2.75, 3.05) is 16.8 Å². The maximum atomic E-state index is 14.0. The van der Waals surface area contributed by atoms with Gasteiger partial charge in [0.05, 0.1) is 27.1 Å². The molecule has 3 amide bonds. The third kappa shape index (κ3) is 5.92. The van der Waals surface area contributed by atoms with Gasteiger partial charge in [-0.3, -0.25) is 29.3 Å². The summed E-state index contributed by atoms with van der Waals surface area (Å²) in [6.07, 6.45) is -4.60. The van der Waals surface area contributed by atoms with Gasteiger partial charge < -0.3 is 15.0 Å². The highest BCUT2D eigenvalue weighted by Crippen LogP contribution is 2.54. The number of nitrogens with zero attached hydrogens (tertiary/aromatic N) is 2. The predicted octanol–water partition coefficient (Wildman–Crippen LogP) is 5.94. The number of nitro benzene ring substituents is 1. The zero-order valence-electron chi connectivity index (χ0n) is 22.9.